The third-order valence-electron chi connectivity index (χ3n) is 2.57. The van der Waals surface area contributed by atoms with Crippen molar-refractivity contribution in [1.29, 1.82) is 0 Å². The Bertz CT molecular complexity index is 564. The molecule has 0 amide bonds. The Morgan fingerprint density at radius 3 is 2.56 bits per heavy atom. The maximum Gasteiger partial charge on any atom is 0.216 e. The third kappa shape index (κ3) is 2.07. The predicted molar refractivity (Wildman–Crippen MR) is 68.8 cm³/mol. The highest BCUT2D eigenvalue weighted by atomic mass is 35.5. The predicted octanol–water partition coefficient (Wildman–Crippen LogP) is 2.92. The fraction of sp³-hybridized carbons (Fsp3) is 0.154. The number of hydrogen-bond donors (Lipinski definition) is 1. The first kappa shape index (κ1) is 12.5. The summed E-state index contributed by atoms with van der Waals surface area (Å²) in [6.45, 7) is 0. The molecule has 0 bridgehead atoms. The van der Waals surface area contributed by atoms with Gasteiger partial charge in [0.05, 0.1) is 24.9 Å². The molecule has 0 saturated carbocycles. The van der Waals surface area contributed by atoms with Crippen LogP contribution in [0.5, 0.6) is 11.5 Å². The smallest absolute Gasteiger partial charge is 0.216 e. The first-order valence-corrected chi connectivity index (χ1v) is 5.65. The van der Waals surface area contributed by atoms with E-state index in [1.807, 2.05) is 0 Å². The fourth-order valence-electron chi connectivity index (χ4n) is 1.73. The van der Waals surface area contributed by atoms with E-state index in [2.05, 4.69) is 4.98 Å². The summed E-state index contributed by atoms with van der Waals surface area (Å²) < 4.78 is 10.4. The second-order valence-electron chi connectivity index (χ2n) is 3.57. The lowest BCUT2D eigenvalue weighted by molar-refractivity contribution is 0.102. The van der Waals surface area contributed by atoms with E-state index in [4.69, 9.17) is 21.1 Å². The SMILES string of the molecule is COc1ccc(Cl)c(OC)c1C(=O)c1ccc[nH]1. The van der Waals surface area contributed by atoms with E-state index in [0.29, 0.717) is 27.8 Å². The van der Waals surface area contributed by atoms with Gasteiger partial charge >= 0.3 is 0 Å². The minimum Gasteiger partial charge on any atom is -0.496 e. The van der Waals surface area contributed by atoms with Gasteiger partial charge in [-0.3, -0.25) is 4.79 Å². The average Bonchev–Trinajstić information content (AvgIpc) is 2.91. The topological polar surface area (TPSA) is 51.3 Å². The molecule has 0 aliphatic rings. The van der Waals surface area contributed by atoms with Gasteiger partial charge in [0.25, 0.3) is 0 Å². The van der Waals surface area contributed by atoms with E-state index in [-0.39, 0.29) is 5.78 Å². The van der Waals surface area contributed by atoms with E-state index in [1.54, 1.807) is 30.5 Å². The molecule has 0 aliphatic carbocycles. The van der Waals surface area contributed by atoms with Crippen LogP contribution in [0.15, 0.2) is 30.5 Å². The van der Waals surface area contributed by atoms with Crippen LogP contribution < -0.4 is 9.47 Å². The molecule has 4 nitrogen and oxygen atoms in total. The molecule has 5 heteroatoms. The molecule has 0 unspecified atom stereocenters. The Morgan fingerprint density at radius 2 is 2.00 bits per heavy atom. The highest BCUT2D eigenvalue weighted by molar-refractivity contribution is 6.33. The number of rotatable bonds is 4. The van der Waals surface area contributed by atoms with E-state index in [0.717, 1.165) is 0 Å². The Balaban J connectivity index is 2.61. The molecule has 1 aromatic heterocycles. The van der Waals surface area contributed by atoms with Crippen molar-refractivity contribution in [2.45, 2.75) is 0 Å². The number of halogens is 1. The number of benzene rings is 1. The first-order chi connectivity index (χ1) is 8.69. The van der Waals surface area contributed by atoms with Gasteiger partial charge in [0.15, 0.2) is 5.75 Å². The van der Waals surface area contributed by atoms with E-state index in [1.165, 1.54) is 14.2 Å². The second-order valence-corrected chi connectivity index (χ2v) is 3.98. The second kappa shape index (κ2) is 5.14. The maximum absolute atomic E-state index is 12.4. The number of H-pyrrole nitrogens is 1. The van der Waals surface area contributed by atoms with Gasteiger partial charge in [-0.15, -0.1) is 0 Å². The minimum absolute atomic E-state index is 0.226. The number of nitrogens with one attached hydrogen (secondary N) is 1. The lowest BCUT2D eigenvalue weighted by atomic mass is 10.1. The van der Waals surface area contributed by atoms with Gasteiger partial charge in [-0.2, -0.15) is 0 Å². The molecule has 1 aromatic carbocycles. The zero-order valence-electron chi connectivity index (χ0n) is 9.99. The van der Waals surface area contributed by atoms with Crippen LogP contribution in [0.4, 0.5) is 0 Å². The molecule has 0 saturated heterocycles. The molecule has 0 fully saturated rings. The molecule has 1 N–H and O–H groups in total. The summed E-state index contributed by atoms with van der Waals surface area (Å²) in [6.07, 6.45) is 1.68. The number of carbonyl (C=O) groups is 1. The summed E-state index contributed by atoms with van der Waals surface area (Å²) >= 11 is 6.02. The maximum atomic E-state index is 12.4. The largest absolute Gasteiger partial charge is 0.496 e. The van der Waals surface area contributed by atoms with Gasteiger partial charge < -0.3 is 14.5 Å². The molecule has 0 radical (unpaired) electrons. The highest BCUT2D eigenvalue weighted by Crippen LogP contribution is 2.36. The van der Waals surface area contributed by atoms with Crippen molar-refractivity contribution in [3.8, 4) is 11.5 Å². The molecule has 1 heterocycles. The van der Waals surface area contributed by atoms with Crippen molar-refractivity contribution in [3.05, 3.63) is 46.7 Å². The van der Waals surface area contributed by atoms with Crippen LogP contribution in [0, 0.1) is 0 Å². The zero-order chi connectivity index (χ0) is 13.1. The van der Waals surface area contributed by atoms with Crippen LogP contribution >= 0.6 is 11.6 Å². The van der Waals surface area contributed by atoms with Gasteiger partial charge in [-0.1, -0.05) is 11.6 Å². The number of methoxy groups -OCH3 is 2. The van der Waals surface area contributed by atoms with Gasteiger partial charge in [0, 0.05) is 6.20 Å². The molecule has 18 heavy (non-hydrogen) atoms. The van der Waals surface area contributed by atoms with Crippen LogP contribution in [0.2, 0.25) is 5.02 Å². The third-order valence-corrected chi connectivity index (χ3v) is 2.86. The number of ether oxygens (including phenoxy) is 2. The Morgan fingerprint density at radius 1 is 1.22 bits per heavy atom. The monoisotopic (exact) mass is 265 g/mol. The number of aromatic nitrogens is 1. The number of carbonyl (C=O) groups excluding carboxylic acids is 1. The summed E-state index contributed by atoms with van der Waals surface area (Å²) in [4.78, 5) is 15.2. The average molecular weight is 266 g/mol. The lowest BCUT2D eigenvalue weighted by Gasteiger charge is -2.12. The van der Waals surface area contributed by atoms with Crippen LogP contribution in [-0.4, -0.2) is 25.0 Å². The Hall–Kier alpha value is -1.94. The summed E-state index contributed by atoms with van der Waals surface area (Å²) in [6, 6.07) is 6.70. The molecule has 94 valence electrons. The first-order valence-electron chi connectivity index (χ1n) is 5.27. The molecular weight excluding hydrogens is 254 g/mol. The Kier molecular flexibility index (Phi) is 3.58. The van der Waals surface area contributed by atoms with Crippen molar-refractivity contribution in [3.63, 3.8) is 0 Å². The minimum atomic E-state index is -0.226. The highest BCUT2D eigenvalue weighted by Gasteiger charge is 2.22. The molecule has 0 spiro atoms. The van der Waals surface area contributed by atoms with Gasteiger partial charge in [0.2, 0.25) is 5.78 Å². The molecule has 0 atom stereocenters. The lowest BCUT2D eigenvalue weighted by Crippen LogP contribution is -2.07. The summed E-state index contributed by atoms with van der Waals surface area (Å²) in [5, 5.41) is 0.369. The standard InChI is InChI=1S/C13H12ClNO3/c1-17-10-6-5-8(14)13(18-2)11(10)12(16)9-4-3-7-15-9/h3-7,15H,1-2H3. The van der Waals surface area contributed by atoms with Crippen LogP contribution in [0.3, 0.4) is 0 Å². The van der Waals surface area contributed by atoms with E-state index < -0.39 is 0 Å². The molecular formula is C13H12ClNO3. The van der Waals surface area contributed by atoms with Crippen molar-refractivity contribution >= 4 is 17.4 Å². The van der Waals surface area contributed by atoms with Gasteiger partial charge in [-0.05, 0) is 24.3 Å². The normalized spacial score (nSPS) is 10.2. The quantitative estimate of drug-likeness (QED) is 0.865. The molecule has 0 aliphatic heterocycles. The fourth-order valence-corrected chi connectivity index (χ4v) is 1.96. The van der Waals surface area contributed by atoms with Gasteiger partial charge in [0.1, 0.15) is 11.3 Å². The Labute approximate surface area is 109 Å². The van der Waals surface area contributed by atoms with Crippen LogP contribution in [-0.2, 0) is 0 Å². The summed E-state index contributed by atoms with van der Waals surface area (Å²) in [5.74, 6) is 0.516. The molecule has 2 rings (SSSR count). The van der Waals surface area contributed by atoms with E-state index in [9.17, 15) is 4.79 Å². The van der Waals surface area contributed by atoms with E-state index >= 15 is 0 Å². The van der Waals surface area contributed by atoms with Crippen molar-refractivity contribution in [2.24, 2.45) is 0 Å². The van der Waals surface area contributed by atoms with Crippen molar-refractivity contribution in [1.82, 2.24) is 4.98 Å². The number of ketones is 1. The molecule has 2 aromatic rings. The van der Waals surface area contributed by atoms with Crippen LogP contribution in [0.25, 0.3) is 0 Å². The zero-order valence-corrected chi connectivity index (χ0v) is 10.7. The number of aromatic amines is 1. The summed E-state index contributed by atoms with van der Waals surface area (Å²) in [5.41, 5.74) is 0.767. The van der Waals surface area contributed by atoms with Crippen LogP contribution in [0.1, 0.15) is 16.1 Å². The van der Waals surface area contributed by atoms with Crippen molar-refractivity contribution in [2.75, 3.05) is 14.2 Å². The van der Waals surface area contributed by atoms with Crippen molar-refractivity contribution < 1.29 is 14.3 Å². The van der Waals surface area contributed by atoms with Gasteiger partial charge in [-0.25, -0.2) is 0 Å². The number of hydrogen-bond acceptors (Lipinski definition) is 3. The summed E-state index contributed by atoms with van der Waals surface area (Å²) in [7, 11) is 2.96.